The molecule has 0 spiro atoms. The van der Waals surface area contributed by atoms with Crippen molar-refractivity contribution in [1.82, 2.24) is 5.16 Å². The Morgan fingerprint density at radius 2 is 1.58 bits per heavy atom. The molecule has 3 rings (SSSR count). The van der Waals surface area contributed by atoms with Gasteiger partial charge in [0, 0.05) is 17.4 Å². The molecular formula is C19H21N3O3S. The molecule has 0 unspecified atom stereocenters. The molecule has 2 aromatic carbocycles. The molecule has 3 aromatic rings. The van der Waals surface area contributed by atoms with Crippen molar-refractivity contribution in [2.45, 2.75) is 31.6 Å². The quantitative estimate of drug-likeness (QED) is 0.659. The first-order chi connectivity index (χ1) is 12.3. The van der Waals surface area contributed by atoms with E-state index in [-0.39, 0.29) is 4.90 Å². The maximum Gasteiger partial charge on any atom is 0.261 e. The van der Waals surface area contributed by atoms with Crippen molar-refractivity contribution in [3.63, 3.8) is 0 Å². The minimum Gasteiger partial charge on any atom is -0.360 e. The Bertz CT molecular complexity index is 976. The fourth-order valence-corrected chi connectivity index (χ4v) is 3.50. The maximum absolute atomic E-state index is 12.5. The normalized spacial score (nSPS) is 11.5. The number of aromatic nitrogens is 1. The van der Waals surface area contributed by atoms with Crippen molar-refractivity contribution in [1.29, 1.82) is 0 Å². The van der Waals surface area contributed by atoms with E-state index in [2.05, 4.69) is 29.0 Å². The number of aryl methyl sites for hydroxylation is 1. The van der Waals surface area contributed by atoms with Crippen LogP contribution in [0.25, 0.3) is 0 Å². The molecule has 0 atom stereocenters. The molecule has 0 fully saturated rings. The van der Waals surface area contributed by atoms with E-state index in [1.807, 2.05) is 19.1 Å². The highest BCUT2D eigenvalue weighted by Gasteiger charge is 2.14. The topological polar surface area (TPSA) is 84.2 Å². The van der Waals surface area contributed by atoms with Crippen molar-refractivity contribution >= 4 is 27.2 Å². The van der Waals surface area contributed by atoms with Gasteiger partial charge in [0.05, 0.1) is 4.90 Å². The van der Waals surface area contributed by atoms with Gasteiger partial charge >= 0.3 is 0 Å². The van der Waals surface area contributed by atoms with E-state index in [1.165, 1.54) is 0 Å². The first kappa shape index (κ1) is 18.0. The molecule has 0 aliphatic heterocycles. The van der Waals surface area contributed by atoms with Crippen LogP contribution in [0.3, 0.4) is 0 Å². The molecule has 0 saturated heterocycles. The van der Waals surface area contributed by atoms with E-state index >= 15 is 0 Å². The van der Waals surface area contributed by atoms with Crippen LogP contribution in [0, 0.1) is 6.92 Å². The zero-order valence-corrected chi connectivity index (χ0v) is 15.7. The molecule has 2 N–H and O–H groups in total. The van der Waals surface area contributed by atoms with Crippen LogP contribution < -0.4 is 10.0 Å². The number of anilines is 3. The van der Waals surface area contributed by atoms with Gasteiger partial charge in [0.25, 0.3) is 10.0 Å². The van der Waals surface area contributed by atoms with Crippen LogP contribution in [0.4, 0.5) is 17.2 Å². The number of nitrogens with zero attached hydrogens (tertiary/aromatic N) is 1. The van der Waals surface area contributed by atoms with Crippen LogP contribution in [0.1, 0.15) is 31.1 Å². The Balaban J connectivity index is 1.71. The van der Waals surface area contributed by atoms with Crippen molar-refractivity contribution in [2.24, 2.45) is 0 Å². The number of sulfonamides is 1. The predicted molar refractivity (Wildman–Crippen MR) is 102 cm³/mol. The van der Waals surface area contributed by atoms with Gasteiger partial charge in [-0.15, -0.1) is 0 Å². The Labute approximate surface area is 153 Å². The van der Waals surface area contributed by atoms with Gasteiger partial charge in [0.2, 0.25) is 0 Å². The number of hydrogen-bond donors (Lipinski definition) is 2. The lowest BCUT2D eigenvalue weighted by Crippen LogP contribution is -2.13. The van der Waals surface area contributed by atoms with Crippen LogP contribution in [-0.2, 0) is 10.0 Å². The highest BCUT2D eigenvalue weighted by molar-refractivity contribution is 7.92. The lowest BCUT2D eigenvalue weighted by Gasteiger charge is -2.11. The summed E-state index contributed by atoms with van der Waals surface area (Å²) in [5, 5.41) is 6.94. The van der Waals surface area contributed by atoms with Crippen molar-refractivity contribution in [2.75, 3.05) is 10.0 Å². The van der Waals surface area contributed by atoms with Crippen LogP contribution in [0.15, 0.2) is 64.0 Å². The highest BCUT2D eigenvalue weighted by atomic mass is 32.2. The molecule has 1 heterocycles. The van der Waals surface area contributed by atoms with E-state index in [9.17, 15) is 8.42 Å². The maximum atomic E-state index is 12.5. The number of rotatable bonds is 6. The third-order valence-electron chi connectivity index (χ3n) is 3.89. The second kappa shape index (κ2) is 7.21. The number of benzene rings is 2. The fraction of sp³-hybridized carbons (Fsp3) is 0.211. The van der Waals surface area contributed by atoms with Crippen LogP contribution in [0.2, 0.25) is 0 Å². The second-order valence-electron chi connectivity index (χ2n) is 6.35. The minimum atomic E-state index is -3.62. The molecule has 0 bridgehead atoms. The third kappa shape index (κ3) is 4.23. The average Bonchev–Trinajstić information content (AvgIpc) is 3.01. The lowest BCUT2D eigenvalue weighted by atomic mass is 10.0. The van der Waals surface area contributed by atoms with Gasteiger partial charge in [-0.05, 0) is 54.8 Å². The van der Waals surface area contributed by atoms with Gasteiger partial charge in [0.15, 0.2) is 5.82 Å². The summed E-state index contributed by atoms with van der Waals surface area (Å²) in [6.45, 7) is 5.94. The predicted octanol–water partition coefficient (Wildman–Crippen LogP) is 4.65. The average molecular weight is 371 g/mol. The monoisotopic (exact) mass is 371 g/mol. The van der Waals surface area contributed by atoms with E-state index in [0.717, 1.165) is 11.3 Å². The molecule has 26 heavy (non-hydrogen) atoms. The van der Waals surface area contributed by atoms with Crippen molar-refractivity contribution in [3.8, 4) is 0 Å². The van der Waals surface area contributed by atoms with Gasteiger partial charge in [-0.25, -0.2) is 8.42 Å². The van der Waals surface area contributed by atoms with E-state index < -0.39 is 10.0 Å². The minimum absolute atomic E-state index is 0.238. The van der Waals surface area contributed by atoms with Crippen LogP contribution in [0.5, 0.6) is 0 Å². The highest BCUT2D eigenvalue weighted by Crippen LogP contribution is 2.22. The summed E-state index contributed by atoms with van der Waals surface area (Å²) in [5.41, 5.74) is 2.37. The Kier molecular flexibility index (Phi) is 4.99. The molecule has 6 nitrogen and oxygen atoms in total. The second-order valence-corrected chi connectivity index (χ2v) is 8.04. The van der Waals surface area contributed by atoms with Crippen LogP contribution >= 0.6 is 0 Å². The summed E-state index contributed by atoms with van der Waals surface area (Å²) in [6.07, 6.45) is 0. The molecule has 0 radical (unpaired) electrons. The Morgan fingerprint density at radius 1 is 0.962 bits per heavy atom. The van der Waals surface area contributed by atoms with Crippen molar-refractivity contribution in [3.05, 3.63) is 65.9 Å². The van der Waals surface area contributed by atoms with E-state index in [0.29, 0.717) is 23.2 Å². The molecule has 0 aliphatic carbocycles. The van der Waals surface area contributed by atoms with Gasteiger partial charge in [0.1, 0.15) is 5.76 Å². The van der Waals surface area contributed by atoms with E-state index in [1.54, 1.807) is 42.5 Å². The van der Waals surface area contributed by atoms with Gasteiger partial charge in [-0.2, -0.15) is 0 Å². The summed E-state index contributed by atoms with van der Waals surface area (Å²) in [5.74, 6) is 1.66. The summed E-state index contributed by atoms with van der Waals surface area (Å²) >= 11 is 0. The van der Waals surface area contributed by atoms with Crippen molar-refractivity contribution < 1.29 is 12.9 Å². The number of nitrogens with one attached hydrogen (secondary N) is 2. The zero-order valence-electron chi connectivity index (χ0n) is 14.9. The summed E-state index contributed by atoms with van der Waals surface area (Å²) < 4.78 is 32.6. The molecule has 0 amide bonds. The summed E-state index contributed by atoms with van der Waals surface area (Å²) in [4.78, 5) is 0.238. The van der Waals surface area contributed by atoms with E-state index in [4.69, 9.17) is 4.52 Å². The molecular weight excluding hydrogens is 350 g/mol. The number of hydrogen-bond acceptors (Lipinski definition) is 5. The Hall–Kier alpha value is -2.80. The standard InChI is InChI=1S/C19H21N3O3S/c1-13(2)15-4-10-18(11-5-15)26(23,24)22-17-8-6-16(7-9-17)20-19-12-14(3)25-21-19/h4-13,22H,1-3H3,(H,20,21). The fourth-order valence-electron chi connectivity index (χ4n) is 2.44. The molecule has 0 saturated carbocycles. The van der Waals surface area contributed by atoms with Gasteiger partial charge in [-0.1, -0.05) is 31.1 Å². The zero-order chi connectivity index (χ0) is 18.7. The molecule has 136 valence electrons. The Morgan fingerprint density at radius 3 is 2.12 bits per heavy atom. The molecule has 7 heteroatoms. The van der Waals surface area contributed by atoms with Gasteiger partial charge < -0.3 is 9.84 Å². The van der Waals surface area contributed by atoms with Crippen LogP contribution in [-0.4, -0.2) is 13.6 Å². The largest absolute Gasteiger partial charge is 0.360 e. The summed E-state index contributed by atoms with van der Waals surface area (Å²) in [7, 11) is -3.62. The molecule has 1 aromatic heterocycles. The van der Waals surface area contributed by atoms with Gasteiger partial charge in [-0.3, -0.25) is 4.72 Å². The smallest absolute Gasteiger partial charge is 0.261 e. The third-order valence-corrected chi connectivity index (χ3v) is 5.29. The first-order valence-electron chi connectivity index (χ1n) is 8.27. The SMILES string of the molecule is Cc1cc(Nc2ccc(NS(=O)(=O)c3ccc(C(C)C)cc3)cc2)no1. The molecule has 0 aliphatic rings. The first-order valence-corrected chi connectivity index (χ1v) is 9.75. The summed E-state index contributed by atoms with van der Waals surface area (Å²) in [6, 6.07) is 15.6. The lowest BCUT2D eigenvalue weighted by molar-refractivity contribution is 0.400.